The van der Waals surface area contributed by atoms with Crippen LogP contribution in [0.15, 0.2) is 133 Å². The van der Waals surface area contributed by atoms with E-state index in [4.69, 9.17) is 49.4 Å². The highest BCUT2D eigenvalue weighted by Crippen LogP contribution is 2.29. The number of aldehydes is 1. The van der Waals surface area contributed by atoms with E-state index in [1.807, 2.05) is 78.9 Å². The van der Waals surface area contributed by atoms with E-state index in [2.05, 4.69) is 79.8 Å². The van der Waals surface area contributed by atoms with Crippen LogP contribution in [0.2, 0.25) is 10.0 Å². The molecule has 7 N–H and O–H groups in total. The molecule has 314 valence electrons. The maximum atomic E-state index is 11.0. The number of benzene rings is 6. The van der Waals surface area contributed by atoms with Gasteiger partial charge in [0.25, 0.3) is 0 Å². The van der Waals surface area contributed by atoms with Crippen molar-refractivity contribution < 1.29 is 34.8 Å². The number of halogens is 2. The van der Waals surface area contributed by atoms with Crippen LogP contribution in [0.25, 0.3) is 46.6 Å². The van der Waals surface area contributed by atoms with Gasteiger partial charge in [0.05, 0.1) is 13.2 Å². The Bertz CT molecular complexity index is 2450. The van der Waals surface area contributed by atoms with Gasteiger partial charge in [0.1, 0.15) is 18.4 Å². The molecule has 0 aliphatic heterocycles. The van der Waals surface area contributed by atoms with Crippen LogP contribution in [0.4, 0.5) is 0 Å². The SMILES string of the molecule is Cc1c(/C=C/c2ccc(C=O)cc2Cl)cccc1-c1ccccc1.Cc1c(/C=C/c2ccc(CN[C@H](CO)C(=O)O)cc2Cl)cccc1-c1ccccc1.N[C@H](CO)C(=O)O. The van der Waals surface area contributed by atoms with Crippen LogP contribution in [-0.4, -0.2) is 63.9 Å². The lowest BCUT2D eigenvalue weighted by atomic mass is 9.96. The van der Waals surface area contributed by atoms with Crippen molar-refractivity contribution in [2.24, 2.45) is 5.73 Å². The van der Waals surface area contributed by atoms with Crippen molar-refractivity contribution in [1.82, 2.24) is 5.32 Å². The Morgan fingerprint density at radius 1 is 0.607 bits per heavy atom. The molecule has 0 bridgehead atoms. The van der Waals surface area contributed by atoms with Crippen molar-refractivity contribution in [1.29, 1.82) is 0 Å². The molecule has 6 aromatic rings. The number of rotatable bonds is 14. The van der Waals surface area contributed by atoms with Crippen molar-refractivity contribution in [3.05, 3.63) is 188 Å². The molecule has 0 aromatic heterocycles. The molecule has 0 spiro atoms. The largest absolute Gasteiger partial charge is 0.480 e. The van der Waals surface area contributed by atoms with Crippen molar-refractivity contribution >= 4 is 65.7 Å². The number of aliphatic hydroxyl groups is 2. The van der Waals surface area contributed by atoms with Gasteiger partial charge in [-0.2, -0.15) is 0 Å². The van der Waals surface area contributed by atoms with Crippen LogP contribution in [0.1, 0.15) is 49.3 Å². The molecular formula is C50H48Cl2N2O7. The number of nitrogens with two attached hydrogens (primary N) is 1. The number of aliphatic hydroxyl groups excluding tert-OH is 2. The molecule has 0 heterocycles. The smallest absolute Gasteiger partial charge is 0.323 e. The van der Waals surface area contributed by atoms with Gasteiger partial charge in [0.2, 0.25) is 0 Å². The summed E-state index contributed by atoms with van der Waals surface area (Å²) in [5.74, 6) is -2.27. The van der Waals surface area contributed by atoms with Crippen LogP contribution in [-0.2, 0) is 16.1 Å². The first-order valence-corrected chi connectivity index (χ1v) is 20.0. The zero-order chi connectivity index (χ0) is 44.3. The zero-order valence-electron chi connectivity index (χ0n) is 33.7. The Hall–Kier alpha value is -6.17. The fourth-order valence-electron chi connectivity index (χ4n) is 6.00. The number of nitrogens with one attached hydrogen (secondary N) is 1. The number of carbonyl (C=O) groups is 3. The summed E-state index contributed by atoms with van der Waals surface area (Å²) in [6, 6.07) is 41.9. The number of carboxylic acid groups (broad SMARTS) is 2. The molecule has 0 fully saturated rings. The number of aliphatic carboxylic acids is 2. The molecule has 6 aromatic carbocycles. The minimum atomic E-state index is -1.18. The molecule has 2 atom stereocenters. The quantitative estimate of drug-likeness (QED) is 0.0461. The summed E-state index contributed by atoms with van der Waals surface area (Å²) >= 11 is 12.7. The number of carbonyl (C=O) groups excluding carboxylic acids is 1. The fraction of sp³-hybridized carbons (Fsp3) is 0.140. The topological polar surface area (TPSA) is 170 Å². The van der Waals surface area contributed by atoms with Gasteiger partial charge in [-0.05, 0) is 87.2 Å². The van der Waals surface area contributed by atoms with Crippen LogP contribution >= 0.6 is 23.2 Å². The lowest BCUT2D eigenvalue weighted by Crippen LogP contribution is -2.39. The molecule has 11 heteroatoms. The van der Waals surface area contributed by atoms with E-state index >= 15 is 0 Å². The number of hydrogen-bond acceptors (Lipinski definition) is 7. The molecule has 0 aliphatic rings. The summed E-state index contributed by atoms with van der Waals surface area (Å²) in [6.07, 6.45) is 8.86. The highest BCUT2D eigenvalue weighted by Gasteiger charge is 2.15. The second kappa shape index (κ2) is 24.2. The van der Waals surface area contributed by atoms with E-state index in [1.165, 1.54) is 33.4 Å². The van der Waals surface area contributed by atoms with Crippen molar-refractivity contribution in [3.8, 4) is 22.3 Å². The minimum Gasteiger partial charge on any atom is -0.480 e. The second-order valence-corrected chi connectivity index (χ2v) is 14.6. The maximum absolute atomic E-state index is 11.0. The Balaban J connectivity index is 0.000000236. The van der Waals surface area contributed by atoms with E-state index in [0.29, 0.717) is 22.2 Å². The molecule has 0 saturated heterocycles. The lowest BCUT2D eigenvalue weighted by Gasteiger charge is -2.12. The van der Waals surface area contributed by atoms with E-state index in [-0.39, 0.29) is 0 Å². The monoisotopic (exact) mass is 858 g/mol. The van der Waals surface area contributed by atoms with Crippen LogP contribution in [0.3, 0.4) is 0 Å². The van der Waals surface area contributed by atoms with Crippen molar-refractivity contribution in [3.63, 3.8) is 0 Å². The Morgan fingerprint density at radius 2 is 1.08 bits per heavy atom. The summed E-state index contributed by atoms with van der Waals surface area (Å²) in [7, 11) is 0. The third-order valence-corrected chi connectivity index (χ3v) is 10.2. The second-order valence-electron chi connectivity index (χ2n) is 13.8. The molecule has 0 unspecified atom stereocenters. The van der Waals surface area contributed by atoms with Gasteiger partial charge in [0.15, 0.2) is 0 Å². The predicted molar refractivity (Wildman–Crippen MR) is 247 cm³/mol. The average Bonchev–Trinajstić information content (AvgIpc) is 3.27. The van der Waals surface area contributed by atoms with Crippen LogP contribution in [0.5, 0.6) is 0 Å². The average molecular weight is 860 g/mol. The van der Waals surface area contributed by atoms with Gasteiger partial charge in [-0.25, -0.2) is 0 Å². The Morgan fingerprint density at radius 3 is 1.48 bits per heavy atom. The molecule has 0 aliphatic carbocycles. The first-order valence-electron chi connectivity index (χ1n) is 19.2. The van der Waals surface area contributed by atoms with Crippen LogP contribution in [0, 0.1) is 13.8 Å². The Kier molecular flexibility index (Phi) is 18.8. The van der Waals surface area contributed by atoms with Crippen LogP contribution < -0.4 is 11.1 Å². The molecule has 0 radical (unpaired) electrons. The zero-order valence-corrected chi connectivity index (χ0v) is 35.2. The summed E-state index contributed by atoms with van der Waals surface area (Å²) in [5.41, 5.74) is 17.5. The van der Waals surface area contributed by atoms with E-state index in [0.717, 1.165) is 34.1 Å². The minimum absolute atomic E-state index is 0.305. The molecular weight excluding hydrogens is 811 g/mol. The molecule has 6 rings (SSSR count). The maximum Gasteiger partial charge on any atom is 0.323 e. The van der Waals surface area contributed by atoms with E-state index in [1.54, 1.807) is 18.2 Å². The van der Waals surface area contributed by atoms with Gasteiger partial charge in [-0.15, -0.1) is 0 Å². The number of carboxylic acids is 2. The standard InChI is InChI=1S/C25H24ClNO3.C22H17ClO.C3H7NO3/c1-17-19(8-5-9-22(17)20-6-3-2-4-7-20)12-13-21-11-10-18(14-23(21)26)15-27-24(16-28)25(29)30;1-16-18(8-5-9-21(16)19-6-3-2-4-7-19)12-13-20-11-10-17(15-24)14-22(20)23;4-2(1-5)3(6)7/h2-14,24,27-28H,15-16H2,1H3,(H,29,30);2-15H,1H3;2,5H,1,4H2,(H,6,7)/b2*13-12+;/t24-;;2-/m1.1/s1. The summed E-state index contributed by atoms with van der Waals surface area (Å²) < 4.78 is 0. The molecule has 0 amide bonds. The molecule has 9 nitrogen and oxygen atoms in total. The van der Waals surface area contributed by atoms with E-state index in [9.17, 15) is 14.4 Å². The first-order chi connectivity index (χ1) is 29.4. The van der Waals surface area contributed by atoms with Crippen molar-refractivity contribution in [2.75, 3.05) is 13.2 Å². The summed E-state index contributed by atoms with van der Waals surface area (Å²) in [6.45, 7) is 3.57. The first kappa shape index (κ1) is 47.5. The van der Waals surface area contributed by atoms with E-state index < -0.39 is 37.2 Å². The predicted octanol–water partition coefficient (Wildman–Crippen LogP) is 9.71. The summed E-state index contributed by atoms with van der Waals surface area (Å²) in [5, 5.41) is 37.9. The van der Waals surface area contributed by atoms with Gasteiger partial charge < -0.3 is 26.2 Å². The van der Waals surface area contributed by atoms with Crippen molar-refractivity contribution in [2.45, 2.75) is 32.5 Å². The lowest BCUT2D eigenvalue weighted by molar-refractivity contribution is -0.141. The van der Waals surface area contributed by atoms with Gasteiger partial charge >= 0.3 is 11.9 Å². The number of hydrogen-bond donors (Lipinski definition) is 6. The molecule has 61 heavy (non-hydrogen) atoms. The Labute approximate surface area is 366 Å². The van der Waals surface area contributed by atoms with Gasteiger partial charge in [-0.1, -0.05) is 169 Å². The van der Waals surface area contributed by atoms with Gasteiger partial charge in [-0.3, -0.25) is 19.7 Å². The molecule has 0 saturated carbocycles. The fourth-order valence-corrected chi connectivity index (χ4v) is 6.52. The van der Waals surface area contributed by atoms with Gasteiger partial charge in [0, 0.05) is 22.2 Å². The third kappa shape index (κ3) is 14.2. The normalized spacial score (nSPS) is 11.9. The highest BCUT2D eigenvalue weighted by atomic mass is 35.5. The highest BCUT2D eigenvalue weighted by molar-refractivity contribution is 6.32. The summed E-state index contributed by atoms with van der Waals surface area (Å²) in [4.78, 5) is 31.4. The third-order valence-electron chi connectivity index (χ3n) is 9.58.